The Balaban J connectivity index is 1.80. The van der Waals surface area contributed by atoms with Crippen molar-refractivity contribution in [2.24, 2.45) is 0 Å². The second-order valence-electron chi connectivity index (χ2n) is 5.58. The van der Waals surface area contributed by atoms with Crippen LogP contribution >= 0.6 is 0 Å². The minimum atomic E-state index is -1.20. The highest BCUT2D eigenvalue weighted by atomic mass is 19.1. The molecule has 3 N–H and O–H groups in total. The second kappa shape index (κ2) is 6.72. The van der Waals surface area contributed by atoms with Crippen LogP contribution in [0.25, 0.3) is 10.9 Å². The maximum Gasteiger partial charge on any atom is 0.326 e. The Hall–Kier alpha value is -3.22. The van der Waals surface area contributed by atoms with E-state index in [2.05, 4.69) is 10.3 Å². The summed E-state index contributed by atoms with van der Waals surface area (Å²) in [5.74, 6) is -2.71. The fourth-order valence-corrected chi connectivity index (χ4v) is 2.59. The molecule has 1 unspecified atom stereocenters. The van der Waals surface area contributed by atoms with Crippen molar-refractivity contribution in [2.45, 2.75) is 12.5 Å². The summed E-state index contributed by atoms with van der Waals surface area (Å²) in [7, 11) is 0. The van der Waals surface area contributed by atoms with E-state index in [9.17, 15) is 23.5 Å². The molecule has 3 rings (SSSR count). The third-order valence-electron chi connectivity index (χ3n) is 3.86. The van der Waals surface area contributed by atoms with E-state index in [1.807, 2.05) is 0 Å². The van der Waals surface area contributed by atoms with Gasteiger partial charge >= 0.3 is 5.97 Å². The standard InChI is InChI=1S/C18H14F2N2O3/c19-12-3-1-10(2-4-12)17(23)22-16(18(24)25)7-11-9-21-15-8-13(20)5-6-14(11)15/h1-6,8-9,16,21H,7H2,(H,22,23)(H,24,25). The molecule has 25 heavy (non-hydrogen) atoms. The molecule has 5 nitrogen and oxygen atoms in total. The molecule has 1 aromatic heterocycles. The summed E-state index contributed by atoms with van der Waals surface area (Å²) < 4.78 is 26.1. The van der Waals surface area contributed by atoms with Crippen molar-refractivity contribution < 1.29 is 23.5 Å². The number of aliphatic carboxylic acids is 1. The summed E-state index contributed by atoms with van der Waals surface area (Å²) in [5, 5.41) is 12.5. The van der Waals surface area contributed by atoms with Crippen LogP contribution in [0.5, 0.6) is 0 Å². The molecule has 128 valence electrons. The van der Waals surface area contributed by atoms with Gasteiger partial charge in [-0.1, -0.05) is 0 Å². The molecule has 1 atom stereocenters. The van der Waals surface area contributed by atoms with Crippen LogP contribution in [0.1, 0.15) is 15.9 Å². The summed E-state index contributed by atoms with van der Waals surface area (Å²) in [6, 6.07) is 7.77. The fourth-order valence-electron chi connectivity index (χ4n) is 2.59. The molecule has 0 fully saturated rings. The number of fused-ring (bicyclic) bond motifs is 1. The number of rotatable bonds is 5. The first kappa shape index (κ1) is 16.6. The van der Waals surface area contributed by atoms with Crippen LogP contribution in [0.3, 0.4) is 0 Å². The zero-order valence-electron chi connectivity index (χ0n) is 12.9. The number of halogens is 2. The number of hydrogen-bond acceptors (Lipinski definition) is 2. The van der Waals surface area contributed by atoms with Crippen LogP contribution in [0.2, 0.25) is 0 Å². The first-order valence-electron chi connectivity index (χ1n) is 7.49. The van der Waals surface area contributed by atoms with Crippen LogP contribution in [-0.4, -0.2) is 28.0 Å². The predicted molar refractivity (Wildman–Crippen MR) is 87.3 cm³/mol. The van der Waals surface area contributed by atoms with Gasteiger partial charge in [0.1, 0.15) is 17.7 Å². The highest BCUT2D eigenvalue weighted by molar-refractivity contribution is 5.96. The molecule has 0 aliphatic rings. The average Bonchev–Trinajstić information content (AvgIpc) is 2.96. The summed E-state index contributed by atoms with van der Waals surface area (Å²) >= 11 is 0. The highest BCUT2D eigenvalue weighted by Gasteiger charge is 2.22. The van der Waals surface area contributed by atoms with Crippen molar-refractivity contribution in [2.75, 3.05) is 0 Å². The van der Waals surface area contributed by atoms with Crippen molar-refractivity contribution >= 4 is 22.8 Å². The summed E-state index contributed by atoms with van der Waals surface area (Å²) in [4.78, 5) is 26.5. The molecule has 0 bridgehead atoms. The summed E-state index contributed by atoms with van der Waals surface area (Å²) in [6.07, 6.45) is 1.61. The van der Waals surface area contributed by atoms with Gasteiger partial charge in [-0.2, -0.15) is 0 Å². The molecular weight excluding hydrogens is 330 g/mol. The van der Waals surface area contributed by atoms with Gasteiger partial charge in [0.25, 0.3) is 5.91 Å². The van der Waals surface area contributed by atoms with E-state index in [1.54, 1.807) is 12.3 Å². The quantitative estimate of drug-likeness (QED) is 0.666. The Morgan fingerprint density at radius 2 is 1.76 bits per heavy atom. The summed E-state index contributed by atoms with van der Waals surface area (Å²) in [6.45, 7) is 0. The Kier molecular flexibility index (Phi) is 4.47. The highest BCUT2D eigenvalue weighted by Crippen LogP contribution is 2.20. The van der Waals surface area contributed by atoms with Crippen molar-refractivity contribution in [3.05, 3.63) is 71.4 Å². The van der Waals surface area contributed by atoms with Crippen LogP contribution in [-0.2, 0) is 11.2 Å². The number of amides is 1. The lowest BCUT2D eigenvalue weighted by atomic mass is 10.0. The number of carboxylic acid groups (broad SMARTS) is 1. The van der Waals surface area contributed by atoms with Crippen molar-refractivity contribution in [1.29, 1.82) is 0 Å². The Bertz CT molecular complexity index is 935. The number of aromatic nitrogens is 1. The van der Waals surface area contributed by atoms with Gasteiger partial charge in [-0.15, -0.1) is 0 Å². The van der Waals surface area contributed by atoms with Gasteiger partial charge in [-0.05, 0) is 48.0 Å². The van der Waals surface area contributed by atoms with Crippen molar-refractivity contribution in [3.63, 3.8) is 0 Å². The zero-order valence-corrected chi connectivity index (χ0v) is 12.9. The smallest absolute Gasteiger partial charge is 0.326 e. The fraction of sp³-hybridized carbons (Fsp3) is 0.111. The molecule has 0 saturated carbocycles. The number of benzene rings is 2. The number of carbonyl (C=O) groups is 2. The number of aromatic amines is 1. The molecule has 0 saturated heterocycles. The minimum absolute atomic E-state index is 0.0217. The number of carbonyl (C=O) groups excluding carboxylic acids is 1. The van der Waals surface area contributed by atoms with Gasteiger partial charge in [0.15, 0.2) is 0 Å². The normalized spacial score (nSPS) is 12.1. The Morgan fingerprint density at radius 3 is 2.44 bits per heavy atom. The summed E-state index contributed by atoms with van der Waals surface area (Å²) in [5.41, 5.74) is 1.35. The monoisotopic (exact) mass is 344 g/mol. The minimum Gasteiger partial charge on any atom is -0.480 e. The van der Waals surface area contributed by atoms with Gasteiger partial charge in [-0.3, -0.25) is 4.79 Å². The van der Waals surface area contributed by atoms with E-state index >= 15 is 0 Å². The molecule has 2 aromatic carbocycles. The molecule has 0 aliphatic heterocycles. The van der Waals surface area contributed by atoms with Gasteiger partial charge in [0.2, 0.25) is 0 Å². The first-order chi connectivity index (χ1) is 11.9. The van der Waals surface area contributed by atoms with Crippen molar-refractivity contribution in [1.82, 2.24) is 10.3 Å². The molecule has 0 spiro atoms. The maximum atomic E-state index is 13.2. The average molecular weight is 344 g/mol. The van der Waals surface area contributed by atoms with Crippen LogP contribution in [0, 0.1) is 11.6 Å². The van der Waals surface area contributed by atoms with Gasteiger partial charge in [-0.25, -0.2) is 13.6 Å². The predicted octanol–water partition coefficient (Wildman–Crippen LogP) is 2.87. The Morgan fingerprint density at radius 1 is 1.08 bits per heavy atom. The van der Waals surface area contributed by atoms with Gasteiger partial charge in [0, 0.05) is 29.1 Å². The largest absolute Gasteiger partial charge is 0.480 e. The lowest BCUT2D eigenvalue weighted by Gasteiger charge is -2.14. The van der Waals surface area contributed by atoms with E-state index in [0.717, 1.165) is 12.1 Å². The van der Waals surface area contributed by atoms with Crippen molar-refractivity contribution in [3.8, 4) is 0 Å². The molecule has 1 amide bonds. The zero-order chi connectivity index (χ0) is 18.0. The van der Waals surface area contributed by atoms with Crippen LogP contribution < -0.4 is 5.32 Å². The number of nitrogens with one attached hydrogen (secondary N) is 2. The first-order valence-corrected chi connectivity index (χ1v) is 7.49. The molecule has 3 aromatic rings. The molecule has 1 heterocycles. The second-order valence-corrected chi connectivity index (χ2v) is 5.58. The molecule has 0 aliphatic carbocycles. The van der Waals surface area contributed by atoms with E-state index < -0.39 is 29.6 Å². The lowest BCUT2D eigenvalue weighted by Crippen LogP contribution is -2.42. The number of hydrogen-bond donors (Lipinski definition) is 3. The third kappa shape index (κ3) is 3.65. The third-order valence-corrected chi connectivity index (χ3v) is 3.86. The lowest BCUT2D eigenvalue weighted by molar-refractivity contribution is -0.139. The topological polar surface area (TPSA) is 82.2 Å². The Labute approximate surface area is 141 Å². The molecule has 7 heteroatoms. The van der Waals surface area contributed by atoms with Crippen LogP contribution in [0.15, 0.2) is 48.7 Å². The molecular formula is C18H14F2N2O3. The van der Waals surface area contributed by atoms with Gasteiger partial charge in [0.05, 0.1) is 0 Å². The van der Waals surface area contributed by atoms with E-state index in [0.29, 0.717) is 16.5 Å². The van der Waals surface area contributed by atoms with E-state index in [4.69, 9.17) is 0 Å². The van der Waals surface area contributed by atoms with Crippen LogP contribution in [0.4, 0.5) is 8.78 Å². The van der Waals surface area contributed by atoms with Gasteiger partial charge < -0.3 is 15.4 Å². The maximum absolute atomic E-state index is 13.2. The van der Waals surface area contributed by atoms with E-state index in [1.165, 1.54) is 24.3 Å². The molecule has 0 radical (unpaired) electrons. The van der Waals surface area contributed by atoms with E-state index in [-0.39, 0.29) is 12.0 Å². The SMILES string of the molecule is O=C(NC(Cc1c[nH]c2cc(F)ccc12)C(=O)O)c1ccc(F)cc1. The number of carboxylic acids is 1. The number of H-pyrrole nitrogens is 1.